The first kappa shape index (κ1) is 14.7. The fourth-order valence-electron chi connectivity index (χ4n) is 2.51. The van der Waals surface area contributed by atoms with E-state index in [9.17, 15) is 0 Å². The van der Waals surface area contributed by atoms with E-state index in [0.29, 0.717) is 0 Å². The van der Waals surface area contributed by atoms with Crippen molar-refractivity contribution in [1.82, 2.24) is 0 Å². The second-order valence-electron chi connectivity index (χ2n) is 6.12. The van der Waals surface area contributed by atoms with Crippen LogP contribution < -0.4 is 10.1 Å². The van der Waals surface area contributed by atoms with Gasteiger partial charge in [-0.2, -0.15) is 5.26 Å². The zero-order chi connectivity index (χ0) is 14.4. The number of benzene rings is 1. The second kappa shape index (κ2) is 6.65. The molecule has 3 heteroatoms. The Balaban J connectivity index is 1.79. The number of para-hydroxylation sites is 1. The lowest BCUT2D eigenvalue weighted by Crippen LogP contribution is -2.13. The second-order valence-corrected chi connectivity index (χ2v) is 6.12. The van der Waals surface area contributed by atoms with E-state index in [1.807, 2.05) is 19.9 Å². The summed E-state index contributed by atoms with van der Waals surface area (Å²) in [6, 6.07) is 8.62. The van der Waals surface area contributed by atoms with Crippen LogP contribution in [0.4, 0.5) is 5.69 Å². The van der Waals surface area contributed by atoms with E-state index in [1.54, 1.807) is 0 Å². The molecule has 0 amide bonds. The van der Waals surface area contributed by atoms with Gasteiger partial charge in [0.05, 0.1) is 23.8 Å². The monoisotopic (exact) mass is 272 g/mol. The number of aryl methyl sites for hydroxylation is 1. The Labute approximate surface area is 121 Å². The van der Waals surface area contributed by atoms with Crippen molar-refractivity contribution in [2.75, 3.05) is 18.5 Å². The quantitative estimate of drug-likeness (QED) is 0.791. The van der Waals surface area contributed by atoms with Gasteiger partial charge in [0.25, 0.3) is 0 Å². The molecule has 1 aromatic carbocycles. The molecule has 108 valence electrons. The van der Waals surface area contributed by atoms with Crippen LogP contribution >= 0.6 is 0 Å². The summed E-state index contributed by atoms with van der Waals surface area (Å²) in [6.07, 6.45) is 5.28. The van der Waals surface area contributed by atoms with Crippen molar-refractivity contribution in [2.45, 2.75) is 46.0 Å². The van der Waals surface area contributed by atoms with E-state index < -0.39 is 0 Å². The number of ether oxygens (including phenoxy) is 1. The highest BCUT2D eigenvalue weighted by atomic mass is 16.5. The smallest absolute Gasteiger partial charge is 0.142 e. The lowest BCUT2D eigenvalue weighted by molar-refractivity contribution is 0.295. The number of nitrogens with zero attached hydrogens (tertiary/aromatic N) is 1. The molecule has 0 atom stereocenters. The number of anilines is 1. The maximum Gasteiger partial charge on any atom is 0.142 e. The molecule has 0 unspecified atom stereocenters. The van der Waals surface area contributed by atoms with Crippen LogP contribution in [0, 0.1) is 16.7 Å². The molecule has 1 aromatic rings. The molecule has 0 bridgehead atoms. The number of hydrogen-bond acceptors (Lipinski definition) is 3. The number of fused-ring (bicyclic) bond motifs is 1. The fourth-order valence-corrected chi connectivity index (χ4v) is 2.51. The molecule has 0 saturated carbocycles. The van der Waals surface area contributed by atoms with E-state index in [2.05, 4.69) is 23.5 Å². The van der Waals surface area contributed by atoms with E-state index in [-0.39, 0.29) is 5.41 Å². The molecule has 0 aliphatic carbocycles. The van der Waals surface area contributed by atoms with E-state index >= 15 is 0 Å². The van der Waals surface area contributed by atoms with Crippen molar-refractivity contribution in [3.63, 3.8) is 0 Å². The van der Waals surface area contributed by atoms with Crippen LogP contribution in [-0.2, 0) is 6.42 Å². The summed E-state index contributed by atoms with van der Waals surface area (Å²) in [4.78, 5) is 0. The first-order valence-electron chi connectivity index (χ1n) is 7.52. The summed E-state index contributed by atoms with van der Waals surface area (Å²) < 4.78 is 5.91. The van der Waals surface area contributed by atoms with Gasteiger partial charge in [-0.1, -0.05) is 12.1 Å². The lowest BCUT2D eigenvalue weighted by Gasteiger charge is -2.21. The highest BCUT2D eigenvalue weighted by Gasteiger charge is 2.16. The topological polar surface area (TPSA) is 45.0 Å². The van der Waals surface area contributed by atoms with Crippen molar-refractivity contribution in [1.29, 1.82) is 5.26 Å². The van der Waals surface area contributed by atoms with Gasteiger partial charge in [-0.25, -0.2) is 0 Å². The molecule has 0 saturated heterocycles. The molecule has 0 radical (unpaired) electrons. The largest absolute Gasteiger partial charge is 0.491 e. The Morgan fingerprint density at radius 2 is 2.20 bits per heavy atom. The van der Waals surface area contributed by atoms with Crippen molar-refractivity contribution < 1.29 is 4.74 Å². The molecule has 0 aromatic heterocycles. The van der Waals surface area contributed by atoms with Crippen molar-refractivity contribution in [2.24, 2.45) is 5.41 Å². The Morgan fingerprint density at radius 3 is 3.00 bits per heavy atom. The minimum Gasteiger partial charge on any atom is -0.491 e. The van der Waals surface area contributed by atoms with Crippen molar-refractivity contribution >= 4 is 5.69 Å². The Morgan fingerprint density at radius 1 is 1.35 bits per heavy atom. The molecule has 20 heavy (non-hydrogen) atoms. The molecular weight excluding hydrogens is 248 g/mol. The van der Waals surface area contributed by atoms with Gasteiger partial charge < -0.3 is 10.1 Å². The summed E-state index contributed by atoms with van der Waals surface area (Å²) in [7, 11) is 0. The standard InChI is InChI=1S/C17H24N2O/c1-17(2,13-18)10-3-4-12-20-15-9-5-7-14-8-6-11-19-16(14)15/h5,7,9,19H,3-4,6,8,10-12H2,1-2H3. The number of unbranched alkanes of at least 4 members (excludes halogenated alkanes) is 1. The van der Waals surface area contributed by atoms with Crippen LogP contribution in [0.3, 0.4) is 0 Å². The molecule has 0 spiro atoms. The Bertz CT molecular complexity index is 488. The third-order valence-corrected chi connectivity index (χ3v) is 3.79. The minimum atomic E-state index is -0.215. The molecular formula is C17H24N2O. The van der Waals surface area contributed by atoms with E-state index in [0.717, 1.165) is 44.6 Å². The third kappa shape index (κ3) is 3.90. The van der Waals surface area contributed by atoms with Crippen LogP contribution in [0.15, 0.2) is 18.2 Å². The maximum absolute atomic E-state index is 8.97. The predicted octanol–water partition coefficient (Wildman–Crippen LogP) is 4.14. The van der Waals surface area contributed by atoms with Gasteiger partial charge in [0.2, 0.25) is 0 Å². The molecule has 1 N–H and O–H groups in total. The average Bonchev–Trinajstić information content (AvgIpc) is 2.47. The lowest BCUT2D eigenvalue weighted by atomic mass is 9.89. The molecule has 1 aliphatic rings. The third-order valence-electron chi connectivity index (χ3n) is 3.79. The molecule has 1 heterocycles. The average molecular weight is 272 g/mol. The number of rotatable bonds is 6. The van der Waals surface area contributed by atoms with Crippen LogP contribution in [0.25, 0.3) is 0 Å². The highest BCUT2D eigenvalue weighted by molar-refractivity contribution is 5.63. The Hall–Kier alpha value is -1.69. The van der Waals surface area contributed by atoms with Gasteiger partial charge in [-0.05, 0) is 57.6 Å². The number of hydrogen-bond donors (Lipinski definition) is 1. The molecule has 0 fully saturated rings. The van der Waals surface area contributed by atoms with Crippen LogP contribution in [-0.4, -0.2) is 13.2 Å². The van der Waals surface area contributed by atoms with Crippen LogP contribution in [0.5, 0.6) is 5.75 Å². The predicted molar refractivity (Wildman–Crippen MR) is 82.0 cm³/mol. The van der Waals surface area contributed by atoms with Crippen molar-refractivity contribution in [3.8, 4) is 11.8 Å². The molecule has 1 aliphatic heterocycles. The fraction of sp³-hybridized carbons (Fsp3) is 0.588. The minimum absolute atomic E-state index is 0.215. The van der Waals surface area contributed by atoms with Gasteiger partial charge in [0.1, 0.15) is 5.75 Å². The Kier molecular flexibility index (Phi) is 4.89. The van der Waals surface area contributed by atoms with Gasteiger partial charge in [-0.15, -0.1) is 0 Å². The normalized spacial score (nSPS) is 14.1. The summed E-state index contributed by atoms with van der Waals surface area (Å²) in [5, 5.41) is 12.4. The first-order valence-corrected chi connectivity index (χ1v) is 7.52. The summed E-state index contributed by atoms with van der Waals surface area (Å²) >= 11 is 0. The SMILES string of the molecule is CC(C)(C#N)CCCCOc1cccc2c1NCCC2. The summed E-state index contributed by atoms with van der Waals surface area (Å²) in [5.74, 6) is 0.974. The van der Waals surface area contributed by atoms with Gasteiger partial charge in [0.15, 0.2) is 0 Å². The molecule has 3 nitrogen and oxygen atoms in total. The number of nitriles is 1. The van der Waals surface area contributed by atoms with Gasteiger partial charge >= 0.3 is 0 Å². The molecule has 2 rings (SSSR count). The number of nitrogens with one attached hydrogen (secondary N) is 1. The maximum atomic E-state index is 8.97. The summed E-state index contributed by atoms with van der Waals surface area (Å²) in [6.45, 7) is 5.74. The highest BCUT2D eigenvalue weighted by Crippen LogP contribution is 2.32. The zero-order valence-corrected chi connectivity index (χ0v) is 12.5. The van der Waals surface area contributed by atoms with E-state index in [4.69, 9.17) is 10.00 Å². The van der Waals surface area contributed by atoms with Crippen molar-refractivity contribution in [3.05, 3.63) is 23.8 Å². The van der Waals surface area contributed by atoms with Gasteiger partial charge in [0, 0.05) is 6.54 Å². The van der Waals surface area contributed by atoms with E-state index in [1.165, 1.54) is 17.7 Å². The first-order chi connectivity index (χ1) is 9.62. The van der Waals surface area contributed by atoms with Crippen LogP contribution in [0.1, 0.15) is 45.1 Å². The van der Waals surface area contributed by atoms with Crippen LogP contribution in [0.2, 0.25) is 0 Å². The summed E-state index contributed by atoms with van der Waals surface area (Å²) in [5.41, 5.74) is 2.32. The zero-order valence-electron chi connectivity index (χ0n) is 12.5. The van der Waals surface area contributed by atoms with Gasteiger partial charge in [-0.3, -0.25) is 0 Å².